The van der Waals surface area contributed by atoms with Gasteiger partial charge in [-0.2, -0.15) is 5.10 Å². The van der Waals surface area contributed by atoms with Crippen molar-refractivity contribution >= 4 is 38.7 Å². The molecule has 0 spiro atoms. The first-order chi connectivity index (χ1) is 13.9. The van der Waals surface area contributed by atoms with Crippen molar-refractivity contribution < 1.29 is 13.2 Å². The van der Waals surface area contributed by atoms with Gasteiger partial charge in [-0.05, 0) is 13.8 Å². The van der Waals surface area contributed by atoms with E-state index < -0.39 is 33.7 Å². The van der Waals surface area contributed by atoms with Crippen molar-refractivity contribution in [2.45, 2.75) is 25.3 Å². The van der Waals surface area contributed by atoms with Crippen molar-refractivity contribution in [1.29, 1.82) is 0 Å². The van der Waals surface area contributed by atoms with Crippen LogP contribution in [0.15, 0.2) is 20.8 Å². The summed E-state index contributed by atoms with van der Waals surface area (Å²) in [5, 5.41) is 3.87. The van der Waals surface area contributed by atoms with Gasteiger partial charge in [-0.25, -0.2) is 22.5 Å². The molecule has 0 aliphatic rings. The summed E-state index contributed by atoms with van der Waals surface area (Å²) < 4.78 is 31.4. The molecule has 0 atom stereocenters. The van der Waals surface area contributed by atoms with Gasteiger partial charge in [0.1, 0.15) is 16.6 Å². The lowest BCUT2D eigenvalue weighted by molar-refractivity contribution is -0.126. The number of carbonyl (C=O) groups is 1. The summed E-state index contributed by atoms with van der Waals surface area (Å²) in [6.45, 7) is 2.34. The lowest BCUT2D eigenvalue weighted by atomic mass is 10.4. The second kappa shape index (κ2) is 7.40. The van der Waals surface area contributed by atoms with Gasteiger partial charge in [0.15, 0.2) is 11.2 Å². The lowest BCUT2D eigenvalue weighted by Crippen LogP contribution is -2.40. The third-order valence-electron chi connectivity index (χ3n) is 4.74. The van der Waals surface area contributed by atoms with Crippen molar-refractivity contribution in [3.63, 3.8) is 0 Å². The van der Waals surface area contributed by atoms with Crippen LogP contribution in [0.5, 0.6) is 0 Å². The molecule has 3 rings (SSSR count). The van der Waals surface area contributed by atoms with E-state index in [0.717, 1.165) is 4.57 Å². The average Bonchev–Trinajstić information content (AvgIpc) is 3.19. The van der Waals surface area contributed by atoms with Gasteiger partial charge in [-0.1, -0.05) is 11.6 Å². The van der Waals surface area contributed by atoms with Gasteiger partial charge < -0.3 is 4.57 Å². The molecule has 0 bridgehead atoms. The van der Waals surface area contributed by atoms with Crippen LogP contribution < -0.4 is 11.2 Å². The van der Waals surface area contributed by atoms with Crippen molar-refractivity contribution in [1.82, 2.24) is 32.8 Å². The van der Waals surface area contributed by atoms with Crippen LogP contribution in [0.3, 0.4) is 0 Å². The fraction of sp³-hybridized carbons (Fsp3) is 0.438. The minimum Gasteiger partial charge on any atom is -0.315 e. The maximum atomic E-state index is 13.1. The third-order valence-corrected chi connectivity index (χ3v) is 7.33. The standard InChI is InChI=1S/C16H20ClN7O5S/c1-6-24(30(28,29)12-9(2)19-22(5)13(12)17)10(25)7-23-8-18-14-11(23)15(26)21(4)16(27)20(14)3/h8H,6-7H2,1-5H3. The number of aryl methyl sites for hydroxylation is 3. The highest BCUT2D eigenvalue weighted by Gasteiger charge is 2.34. The molecule has 162 valence electrons. The molecule has 0 saturated heterocycles. The molecule has 3 heterocycles. The zero-order valence-electron chi connectivity index (χ0n) is 16.9. The number of imidazole rings is 1. The molecule has 12 nitrogen and oxygen atoms in total. The van der Waals surface area contributed by atoms with Gasteiger partial charge in [0.2, 0.25) is 0 Å². The number of nitrogens with zero attached hydrogens (tertiary/aromatic N) is 7. The Morgan fingerprint density at radius 2 is 1.83 bits per heavy atom. The first-order valence-corrected chi connectivity index (χ1v) is 10.6. The zero-order valence-corrected chi connectivity index (χ0v) is 18.5. The number of aromatic nitrogens is 6. The van der Waals surface area contributed by atoms with Crippen molar-refractivity contribution in [2.24, 2.45) is 21.1 Å². The SMILES string of the molecule is CCN(C(=O)Cn1cnc2c1c(=O)n(C)c(=O)n2C)S(=O)(=O)c1c(C)nn(C)c1Cl. The summed E-state index contributed by atoms with van der Waals surface area (Å²) in [5.41, 5.74) is -0.949. The minimum atomic E-state index is -4.28. The van der Waals surface area contributed by atoms with Crippen molar-refractivity contribution in [3.8, 4) is 0 Å². The van der Waals surface area contributed by atoms with E-state index in [0.29, 0.717) is 4.31 Å². The molecule has 0 aromatic carbocycles. The fourth-order valence-corrected chi connectivity index (χ4v) is 5.35. The molecule has 0 unspecified atom stereocenters. The molecule has 0 radical (unpaired) electrons. The Morgan fingerprint density at radius 1 is 1.20 bits per heavy atom. The first-order valence-electron chi connectivity index (χ1n) is 8.79. The van der Waals surface area contributed by atoms with Crippen LogP contribution in [-0.4, -0.2) is 53.6 Å². The number of hydrogen-bond donors (Lipinski definition) is 0. The van der Waals surface area contributed by atoms with E-state index in [9.17, 15) is 22.8 Å². The summed E-state index contributed by atoms with van der Waals surface area (Å²) in [5.74, 6) is -0.799. The maximum Gasteiger partial charge on any atom is 0.332 e. The van der Waals surface area contributed by atoms with E-state index in [2.05, 4.69) is 10.1 Å². The number of rotatable bonds is 5. The lowest BCUT2D eigenvalue weighted by Gasteiger charge is -2.21. The van der Waals surface area contributed by atoms with Gasteiger partial charge >= 0.3 is 5.69 Å². The number of sulfonamides is 1. The number of carbonyl (C=O) groups excluding carboxylic acids is 1. The molecular formula is C16H20ClN7O5S. The highest BCUT2D eigenvalue weighted by Crippen LogP contribution is 2.27. The van der Waals surface area contributed by atoms with E-state index in [4.69, 9.17) is 11.6 Å². The van der Waals surface area contributed by atoms with Crippen LogP contribution in [0.2, 0.25) is 5.15 Å². The van der Waals surface area contributed by atoms with E-state index in [1.807, 2.05) is 0 Å². The Morgan fingerprint density at radius 3 is 2.37 bits per heavy atom. The molecule has 1 amide bonds. The second-order valence-electron chi connectivity index (χ2n) is 6.64. The third kappa shape index (κ3) is 3.13. The predicted octanol–water partition coefficient (Wildman–Crippen LogP) is -0.634. The molecule has 0 aliphatic heterocycles. The topological polar surface area (TPSA) is 134 Å². The number of likely N-dealkylation sites (N-methyl/N-ethyl adjacent to an activating group) is 1. The number of amides is 1. The Hall–Kier alpha value is -2.93. The van der Waals surface area contributed by atoms with E-state index in [1.54, 1.807) is 0 Å². The summed E-state index contributed by atoms with van der Waals surface area (Å²) >= 11 is 6.09. The van der Waals surface area contributed by atoms with Crippen LogP contribution in [-0.2, 0) is 42.5 Å². The molecular weight excluding hydrogens is 438 g/mol. The number of halogens is 1. The molecule has 0 fully saturated rings. The van der Waals surface area contributed by atoms with Gasteiger partial charge in [0, 0.05) is 27.7 Å². The van der Waals surface area contributed by atoms with Gasteiger partial charge in [0.25, 0.3) is 21.5 Å². The normalized spacial score (nSPS) is 11.9. The predicted molar refractivity (Wildman–Crippen MR) is 108 cm³/mol. The van der Waals surface area contributed by atoms with Gasteiger partial charge in [-0.15, -0.1) is 0 Å². The minimum absolute atomic E-state index is 0.0111. The molecule has 3 aromatic heterocycles. The Labute approximate surface area is 176 Å². The maximum absolute atomic E-state index is 13.1. The highest BCUT2D eigenvalue weighted by molar-refractivity contribution is 7.89. The summed E-state index contributed by atoms with van der Waals surface area (Å²) in [6.07, 6.45) is 1.21. The van der Waals surface area contributed by atoms with Crippen molar-refractivity contribution in [3.05, 3.63) is 38.0 Å². The van der Waals surface area contributed by atoms with Crippen LogP contribution in [0.25, 0.3) is 11.2 Å². The van der Waals surface area contributed by atoms with E-state index >= 15 is 0 Å². The Bertz CT molecular complexity index is 1400. The fourth-order valence-electron chi connectivity index (χ4n) is 3.24. The number of hydrogen-bond acceptors (Lipinski definition) is 7. The van der Waals surface area contributed by atoms with Crippen molar-refractivity contribution in [2.75, 3.05) is 6.54 Å². The number of fused-ring (bicyclic) bond motifs is 1. The van der Waals surface area contributed by atoms with Crippen LogP contribution in [0.4, 0.5) is 0 Å². The van der Waals surface area contributed by atoms with Crippen LogP contribution in [0, 0.1) is 6.92 Å². The smallest absolute Gasteiger partial charge is 0.315 e. The summed E-state index contributed by atoms with van der Waals surface area (Å²) in [6, 6.07) is 0. The van der Waals surface area contributed by atoms with Crippen LogP contribution >= 0.6 is 11.6 Å². The average molecular weight is 458 g/mol. The Balaban J connectivity index is 2.07. The highest BCUT2D eigenvalue weighted by atomic mass is 35.5. The van der Waals surface area contributed by atoms with Crippen LogP contribution in [0.1, 0.15) is 12.6 Å². The largest absolute Gasteiger partial charge is 0.332 e. The molecule has 30 heavy (non-hydrogen) atoms. The van der Waals surface area contributed by atoms with E-state index in [1.165, 1.54) is 55.1 Å². The molecule has 0 N–H and O–H groups in total. The van der Waals surface area contributed by atoms with Gasteiger partial charge in [0.05, 0.1) is 12.0 Å². The molecule has 14 heteroatoms. The molecule has 3 aromatic rings. The first kappa shape index (κ1) is 21.8. The van der Waals surface area contributed by atoms with Gasteiger partial charge in [-0.3, -0.25) is 23.4 Å². The zero-order chi connectivity index (χ0) is 22.5. The second-order valence-corrected chi connectivity index (χ2v) is 8.80. The molecule has 0 aliphatic carbocycles. The molecule has 0 saturated carbocycles. The quantitative estimate of drug-likeness (QED) is 0.497. The summed E-state index contributed by atoms with van der Waals surface area (Å²) in [4.78, 5) is 41.3. The van der Waals surface area contributed by atoms with E-state index in [-0.39, 0.29) is 33.5 Å². The summed E-state index contributed by atoms with van der Waals surface area (Å²) in [7, 11) is -0.0455. The Kier molecular flexibility index (Phi) is 5.37. The monoisotopic (exact) mass is 457 g/mol.